The van der Waals surface area contributed by atoms with Crippen LogP contribution in [0.3, 0.4) is 0 Å². The van der Waals surface area contributed by atoms with Crippen LogP contribution in [0.5, 0.6) is 0 Å². The molecule has 0 aliphatic carbocycles. The van der Waals surface area contributed by atoms with E-state index >= 15 is 0 Å². The Bertz CT molecular complexity index is 243. The molecule has 2 atom stereocenters. The molecule has 1 aliphatic rings. The summed E-state index contributed by atoms with van der Waals surface area (Å²) >= 11 is 0. The minimum atomic E-state index is -1.12. The molecule has 0 radical (unpaired) electrons. The molecule has 1 saturated heterocycles. The fourth-order valence-corrected chi connectivity index (χ4v) is 2.12. The van der Waals surface area contributed by atoms with Gasteiger partial charge < -0.3 is 14.6 Å². The lowest BCUT2D eigenvalue weighted by Gasteiger charge is -2.28. The molecule has 0 spiro atoms. The van der Waals surface area contributed by atoms with Gasteiger partial charge in [-0.3, -0.25) is 9.59 Å². The molecule has 0 saturated carbocycles. The minimum Gasteiger partial charge on any atom is -0.480 e. The number of carboxylic acids is 1. The highest BCUT2D eigenvalue weighted by Gasteiger charge is 2.28. The highest BCUT2D eigenvalue weighted by Crippen LogP contribution is 2.21. The van der Waals surface area contributed by atoms with E-state index in [1.165, 1.54) is 4.90 Å². The Morgan fingerprint density at radius 3 is 2.92 bits per heavy atom. The van der Waals surface area contributed by atoms with E-state index in [-0.39, 0.29) is 12.5 Å². The number of carboxylic acid groups (broad SMARTS) is 1. The second-order valence-electron chi connectivity index (χ2n) is 3.04. The summed E-state index contributed by atoms with van der Waals surface area (Å²) in [6, 6.07) is 0. The van der Waals surface area contributed by atoms with Crippen molar-refractivity contribution in [2.45, 2.75) is 18.5 Å². The molecule has 0 aromatic rings. The monoisotopic (exact) mass is 205 g/mol. The van der Waals surface area contributed by atoms with E-state index in [1.807, 2.05) is 0 Å². The summed E-state index contributed by atoms with van der Waals surface area (Å²) < 4.78 is 10.6. The molecule has 0 bridgehead atoms. The Morgan fingerprint density at radius 2 is 2.38 bits per heavy atom. The van der Waals surface area contributed by atoms with E-state index < -0.39 is 20.1 Å². The van der Waals surface area contributed by atoms with Crippen LogP contribution < -0.4 is 0 Å². The largest absolute Gasteiger partial charge is 0.480 e. The Labute approximate surface area is 76.9 Å². The van der Waals surface area contributed by atoms with Crippen LogP contribution in [0.1, 0.15) is 12.8 Å². The van der Waals surface area contributed by atoms with Gasteiger partial charge in [-0.2, -0.15) is 0 Å². The molecule has 2 unspecified atom stereocenters. The highest BCUT2D eigenvalue weighted by molar-refractivity contribution is 7.26. The summed E-state index contributed by atoms with van der Waals surface area (Å²) in [6.07, 6.45) is 1.38. The zero-order chi connectivity index (χ0) is 9.84. The van der Waals surface area contributed by atoms with E-state index in [1.54, 1.807) is 0 Å². The normalized spacial score (nSPS) is 24.2. The van der Waals surface area contributed by atoms with Crippen molar-refractivity contribution in [3.63, 3.8) is 0 Å². The van der Waals surface area contributed by atoms with Gasteiger partial charge in [0.25, 0.3) is 0 Å². The molecule has 5 nitrogen and oxygen atoms in total. The standard InChI is InChI=1S/C7H12NO4P/c9-6(10)4-8-3-1-2-5(13-12)7(8)11/h5H,1-4,13H2,(H,9,10). The van der Waals surface area contributed by atoms with Gasteiger partial charge in [-0.1, -0.05) is 0 Å². The summed E-state index contributed by atoms with van der Waals surface area (Å²) in [7, 11) is -1.12. The van der Waals surface area contributed by atoms with Crippen molar-refractivity contribution in [1.29, 1.82) is 0 Å². The third-order valence-electron chi connectivity index (χ3n) is 2.06. The fourth-order valence-electron chi connectivity index (χ4n) is 1.42. The number of likely N-dealkylation sites (tertiary alicyclic amines) is 1. The van der Waals surface area contributed by atoms with Crippen LogP contribution in [0.25, 0.3) is 0 Å². The number of rotatable bonds is 3. The molecule has 1 fully saturated rings. The second-order valence-corrected chi connectivity index (χ2v) is 4.12. The maximum absolute atomic E-state index is 11.4. The molecule has 1 aliphatic heterocycles. The van der Waals surface area contributed by atoms with Crippen molar-refractivity contribution in [3.05, 3.63) is 0 Å². The first-order valence-electron chi connectivity index (χ1n) is 4.11. The van der Waals surface area contributed by atoms with Gasteiger partial charge in [-0.15, -0.1) is 0 Å². The Balaban J connectivity index is 2.59. The summed E-state index contributed by atoms with van der Waals surface area (Å²) in [4.78, 5) is 23.0. The van der Waals surface area contributed by atoms with Gasteiger partial charge in [0.15, 0.2) is 0 Å². The quantitative estimate of drug-likeness (QED) is 0.648. The van der Waals surface area contributed by atoms with Crippen molar-refractivity contribution < 1.29 is 19.3 Å². The molecule has 1 N–H and O–H groups in total. The number of amides is 1. The van der Waals surface area contributed by atoms with Gasteiger partial charge in [0.05, 0.1) is 14.1 Å². The summed E-state index contributed by atoms with van der Waals surface area (Å²) in [6.45, 7) is 0.204. The number of hydrogen-bond acceptors (Lipinski definition) is 3. The second kappa shape index (κ2) is 4.42. The molecular formula is C7H12NO4P. The molecule has 74 valence electrons. The smallest absolute Gasteiger partial charge is 0.323 e. The van der Waals surface area contributed by atoms with E-state index in [2.05, 4.69) is 0 Å². The minimum absolute atomic E-state index is 0.265. The van der Waals surface area contributed by atoms with Crippen molar-refractivity contribution >= 4 is 20.3 Å². The van der Waals surface area contributed by atoms with Crippen LogP contribution in [-0.4, -0.2) is 40.6 Å². The van der Waals surface area contributed by atoms with Crippen LogP contribution in [-0.2, 0) is 14.2 Å². The summed E-state index contributed by atoms with van der Waals surface area (Å²) in [5.74, 6) is -1.28. The van der Waals surface area contributed by atoms with Gasteiger partial charge >= 0.3 is 5.97 Å². The Morgan fingerprint density at radius 1 is 1.69 bits per heavy atom. The number of aliphatic carboxylic acids is 1. The van der Waals surface area contributed by atoms with Crippen molar-refractivity contribution in [1.82, 2.24) is 4.90 Å². The Kier molecular flexibility index (Phi) is 3.48. The molecule has 6 heteroatoms. The number of piperidine rings is 1. The Hall–Kier alpha value is -0.830. The molecule has 1 heterocycles. The average molecular weight is 205 g/mol. The van der Waals surface area contributed by atoms with E-state index in [9.17, 15) is 14.2 Å². The molecule has 1 amide bonds. The van der Waals surface area contributed by atoms with Gasteiger partial charge in [-0.25, -0.2) is 0 Å². The van der Waals surface area contributed by atoms with Crippen LogP contribution in [0.2, 0.25) is 0 Å². The van der Waals surface area contributed by atoms with E-state index in [0.717, 1.165) is 6.42 Å². The summed E-state index contributed by atoms with van der Waals surface area (Å²) in [5, 5.41) is 8.48. The van der Waals surface area contributed by atoms with Gasteiger partial charge in [0, 0.05) is 6.54 Å². The van der Waals surface area contributed by atoms with Crippen molar-refractivity contribution in [2.75, 3.05) is 13.1 Å². The summed E-state index contributed by atoms with van der Waals surface area (Å²) in [5.41, 5.74) is -0.423. The van der Waals surface area contributed by atoms with Gasteiger partial charge in [-0.05, 0) is 12.8 Å². The zero-order valence-corrected chi connectivity index (χ0v) is 8.26. The lowest BCUT2D eigenvalue weighted by atomic mass is 10.1. The van der Waals surface area contributed by atoms with E-state index in [0.29, 0.717) is 13.0 Å². The first-order valence-corrected chi connectivity index (χ1v) is 5.25. The van der Waals surface area contributed by atoms with Crippen LogP contribution in [0.4, 0.5) is 0 Å². The molecule has 1 rings (SSSR count). The van der Waals surface area contributed by atoms with Gasteiger partial charge in [0.2, 0.25) is 5.91 Å². The predicted molar refractivity (Wildman–Crippen MR) is 47.6 cm³/mol. The molecule has 0 aromatic heterocycles. The maximum atomic E-state index is 11.4. The first kappa shape index (κ1) is 10.3. The van der Waals surface area contributed by atoms with E-state index in [4.69, 9.17) is 5.11 Å². The average Bonchev–Trinajstić information content (AvgIpc) is 2.08. The highest BCUT2D eigenvalue weighted by atomic mass is 31.1. The maximum Gasteiger partial charge on any atom is 0.323 e. The van der Waals surface area contributed by atoms with Crippen LogP contribution in [0.15, 0.2) is 0 Å². The van der Waals surface area contributed by atoms with Crippen LogP contribution in [0, 0.1) is 0 Å². The predicted octanol–water partition coefficient (Wildman–Crippen LogP) is -0.182. The number of carbonyl (C=O) groups is 2. The molecular weight excluding hydrogens is 193 g/mol. The van der Waals surface area contributed by atoms with Crippen LogP contribution >= 0.6 is 8.46 Å². The van der Waals surface area contributed by atoms with Gasteiger partial charge in [0.1, 0.15) is 6.54 Å². The lowest BCUT2D eigenvalue weighted by Crippen LogP contribution is -2.44. The lowest BCUT2D eigenvalue weighted by molar-refractivity contribution is -0.145. The zero-order valence-electron chi connectivity index (χ0n) is 7.10. The number of carbonyl (C=O) groups excluding carboxylic acids is 1. The van der Waals surface area contributed by atoms with Crippen molar-refractivity contribution in [3.8, 4) is 0 Å². The molecule has 13 heavy (non-hydrogen) atoms. The fraction of sp³-hybridized carbons (Fsp3) is 0.714. The third-order valence-corrected chi connectivity index (χ3v) is 3.01. The first-order chi connectivity index (χ1) is 6.15. The SMILES string of the molecule is O=[PH2]C1CCCN(CC(=O)O)C1=O. The number of nitrogens with zero attached hydrogens (tertiary/aromatic N) is 1. The topological polar surface area (TPSA) is 74.7 Å². The molecule has 0 aromatic carbocycles. The number of hydrogen-bond donors (Lipinski definition) is 1. The van der Waals surface area contributed by atoms with Crippen molar-refractivity contribution in [2.24, 2.45) is 0 Å². The third kappa shape index (κ3) is 2.56.